The first-order valence-corrected chi connectivity index (χ1v) is 9.68. The van der Waals surface area contributed by atoms with Crippen molar-refractivity contribution in [1.29, 1.82) is 0 Å². The number of hydrogen-bond acceptors (Lipinski definition) is 4. The number of benzene rings is 1. The Morgan fingerprint density at radius 2 is 1.90 bits per heavy atom. The fourth-order valence-electron chi connectivity index (χ4n) is 3.63. The average Bonchev–Trinajstić information content (AvgIpc) is 3.31. The van der Waals surface area contributed by atoms with Gasteiger partial charge in [0.05, 0.1) is 34.6 Å². The van der Waals surface area contributed by atoms with Crippen LogP contribution in [0.25, 0.3) is 16.7 Å². The molecule has 0 saturated carbocycles. The predicted octanol–water partition coefficient (Wildman–Crippen LogP) is 3.53. The third-order valence-electron chi connectivity index (χ3n) is 5.02. The quantitative estimate of drug-likeness (QED) is 0.524. The van der Waals surface area contributed by atoms with Crippen molar-refractivity contribution < 1.29 is 4.79 Å². The Balaban J connectivity index is 1.77. The van der Waals surface area contributed by atoms with Crippen molar-refractivity contribution >= 4 is 16.9 Å². The molecule has 0 aliphatic carbocycles. The molecule has 0 aliphatic heterocycles. The zero-order valence-electron chi connectivity index (χ0n) is 17.1. The molecule has 0 atom stereocenters. The second kappa shape index (κ2) is 7.50. The van der Waals surface area contributed by atoms with Crippen molar-refractivity contribution in [3.05, 3.63) is 71.3 Å². The summed E-state index contributed by atoms with van der Waals surface area (Å²) in [6, 6.07) is 13.6. The van der Waals surface area contributed by atoms with Crippen LogP contribution in [0.5, 0.6) is 0 Å². The number of nitrogens with zero attached hydrogens (tertiary/aromatic N) is 6. The van der Waals surface area contributed by atoms with Gasteiger partial charge in [0.25, 0.3) is 5.91 Å². The summed E-state index contributed by atoms with van der Waals surface area (Å²) >= 11 is 0. The Labute approximate surface area is 169 Å². The smallest absolute Gasteiger partial charge is 0.254 e. The van der Waals surface area contributed by atoms with Crippen molar-refractivity contribution in [2.75, 3.05) is 7.05 Å². The lowest BCUT2D eigenvalue weighted by Gasteiger charge is -2.18. The molecule has 7 heteroatoms. The van der Waals surface area contributed by atoms with Crippen LogP contribution >= 0.6 is 0 Å². The van der Waals surface area contributed by atoms with E-state index >= 15 is 0 Å². The maximum Gasteiger partial charge on any atom is 0.254 e. The number of aromatic nitrogens is 5. The van der Waals surface area contributed by atoms with Gasteiger partial charge in [0.1, 0.15) is 0 Å². The standard InChI is InChI=1S/C22H24N6O/c1-5-27-18(11-12-23-27)14-26(4)22(29)19-13-15(2)24-21-20(19)16(3)25-28(21)17-9-7-6-8-10-17/h6-13H,5,14H2,1-4H3. The third-order valence-corrected chi connectivity index (χ3v) is 5.02. The van der Waals surface area contributed by atoms with Crippen molar-refractivity contribution in [3.63, 3.8) is 0 Å². The lowest BCUT2D eigenvalue weighted by Crippen LogP contribution is -2.28. The molecule has 0 unspecified atom stereocenters. The van der Waals surface area contributed by atoms with Gasteiger partial charge < -0.3 is 4.90 Å². The largest absolute Gasteiger partial charge is 0.336 e. The SMILES string of the molecule is CCn1nccc1CN(C)C(=O)c1cc(C)nc2c1c(C)nn2-c1ccccc1. The molecular formula is C22H24N6O. The third kappa shape index (κ3) is 3.40. The Kier molecular flexibility index (Phi) is 4.88. The first-order chi connectivity index (χ1) is 14.0. The van der Waals surface area contributed by atoms with Crippen LogP contribution in [0.15, 0.2) is 48.7 Å². The Bertz CT molecular complexity index is 1170. The second-order valence-electron chi connectivity index (χ2n) is 7.14. The van der Waals surface area contributed by atoms with Crippen LogP contribution in [0.4, 0.5) is 0 Å². The number of pyridine rings is 1. The molecule has 1 aromatic carbocycles. The van der Waals surface area contributed by atoms with Crippen LogP contribution in [-0.2, 0) is 13.1 Å². The normalized spacial score (nSPS) is 11.2. The zero-order chi connectivity index (χ0) is 20.5. The van der Waals surface area contributed by atoms with Crippen LogP contribution in [0, 0.1) is 13.8 Å². The van der Waals surface area contributed by atoms with Crippen LogP contribution in [0.3, 0.4) is 0 Å². The van der Waals surface area contributed by atoms with E-state index in [0.717, 1.165) is 34.7 Å². The first-order valence-electron chi connectivity index (χ1n) is 9.68. The number of para-hydroxylation sites is 1. The summed E-state index contributed by atoms with van der Waals surface area (Å²) in [6.45, 7) is 7.12. The molecule has 7 nitrogen and oxygen atoms in total. The molecule has 0 fully saturated rings. The zero-order valence-corrected chi connectivity index (χ0v) is 17.1. The van der Waals surface area contributed by atoms with Gasteiger partial charge in [-0.2, -0.15) is 10.2 Å². The molecule has 3 aromatic heterocycles. The molecule has 4 aromatic rings. The molecule has 0 bridgehead atoms. The minimum atomic E-state index is -0.0555. The Morgan fingerprint density at radius 1 is 1.14 bits per heavy atom. The maximum atomic E-state index is 13.4. The molecule has 0 aliphatic rings. The first kappa shape index (κ1) is 18.9. The van der Waals surface area contributed by atoms with Gasteiger partial charge in [-0.3, -0.25) is 9.48 Å². The highest BCUT2D eigenvalue weighted by atomic mass is 16.2. The fourth-order valence-corrected chi connectivity index (χ4v) is 3.63. The topological polar surface area (TPSA) is 68.8 Å². The molecule has 0 radical (unpaired) electrons. The van der Waals surface area contributed by atoms with E-state index in [1.807, 2.05) is 75.0 Å². The summed E-state index contributed by atoms with van der Waals surface area (Å²) < 4.78 is 3.70. The monoisotopic (exact) mass is 388 g/mol. The molecular weight excluding hydrogens is 364 g/mol. The highest BCUT2D eigenvalue weighted by molar-refractivity contribution is 6.06. The van der Waals surface area contributed by atoms with Gasteiger partial charge >= 0.3 is 0 Å². The molecule has 29 heavy (non-hydrogen) atoms. The van der Waals surface area contributed by atoms with Crippen LogP contribution in [0.2, 0.25) is 0 Å². The van der Waals surface area contributed by atoms with E-state index in [1.54, 1.807) is 15.8 Å². The number of rotatable bonds is 5. The highest BCUT2D eigenvalue weighted by Gasteiger charge is 2.22. The van der Waals surface area contributed by atoms with Gasteiger partial charge in [0.2, 0.25) is 0 Å². The molecule has 0 N–H and O–H groups in total. The summed E-state index contributed by atoms with van der Waals surface area (Å²) in [5, 5.41) is 9.76. The molecule has 1 amide bonds. The predicted molar refractivity (Wildman–Crippen MR) is 112 cm³/mol. The Morgan fingerprint density at radius 3 is 2.62 bits per heavy atom. The van der Waals surface area contributed by atoms with Gasteiger partial charge in [0, 0.05) is 25.5 Å². The Hall–Kier alpha value is -3.48. The van der Waals surface area contributed by atoms with Crippen LogP contribution in [0.1, 0.15) is 34.4 Å². The maximum absolute atomic E-state index is 13.4. The number of carbonyl (C=O) groups excluding carboxylic acids is 1. The van der Waals surface area contributed by atoms with Crippen molar-refractivity contribution in [1.82, 2.24) is 29.4 Å². The van der Waals surface area contributed by atoms with Gasteiger partial charge in [-0.1, -0.05) is 18.2 Å². The summed E-state index contributed by atoms with van der Waals surface area (Å²) in [4.78, 5) is 19.8. The lowest BCUT2D eigenvalue weighted by molar-refractivity contribution is 0.0783. The van der Waals surface area contributed by atoms with Crippen LogP contribution in [-0.4, -0.2) is 42.4 Å². The summed E-state index contributed by atoms with van der Waals surface area (Å²) in [5.74, 6) is -0.0555. The molecule has 0 spiro atoms. The average molecular weight is 388 g/mol. The number of carbonyl (C=O) groups is 1. The molecule has 4 rings (SSSR count). The summed E-state index contributed by atoms with van der Waals surface area (Å²) in [5.41, 5.74) is 4.81. The lowest BCUT2D eigenvalue weighted by atomic mass is 10.1. The van der Waals surface area contributed by atoms with E-state index in [4.69, 9.17) is 4.98 Å². The molecule has 148 valence electrons. The van der Waals surface area contributed by atoms with E-state index < -0.39 is 0 Å². The van der Waals surface area contributed by atoms with Crippen LogP contribution < -0.4 is 0 Å². The van der Waals surface area contributed by atoms with Crippen molar-refractivity contribution in [2.45, 2.75) is 33.9 Å². The number of fused-ring (bicyclic) bond motifs is 1. The van der Waals surface area contributed by atoms with Crippen molar-refractivity contribution in [2.24, 2.45) is 0 Å². The van der Waals surface area contributed by atoms with Gasteiger partial charge in [0.15, 0.2) is 5.65 Å². The fraction of sp³-hybridized carbons (Fsp3) is 0.273. The second-order valence-corrected chi connectivity index (χ2v) is 7.14. The van der Waals surface area contributed by atoms with Gasteiger partial charge in [-0.25, -0.2) is 9.67 Å². The van der Waals surface area contributed by atoms with E-state index in [0.29, 0.717) is 17.8 Å². The minimum absolute atomic E-state index is 0.0555. The van der Waals surface area contributed by atoms with E-state index in [2.05, 4.69) is 10.2 Å². The van der Waals surface area contributed by atoms with Gasteiger partial charge in [-0.05, 0) is 45.0 Å². The summed E-state index contributed by atoms with van der Waals surface area (Å²) in [7, 11) is 1.81. The number of aryl methyl sites for hydroxylation is 3. The van der Waals surface area contributed by atoms with Gasteiger partial charge in [-0.15, -0.1) is 0 Å². The number of hydrogen-bond donors (Lipinski definition) is 0. The summed E-state index contributed by atoms with van der Waals surface area (Å²) in [6.07, 6.45) is 1.76. The van der Waals surface area contributed by atoms with E-state index in [1.165, 1.54) is 0 Å². The minimum Gasteiger partial charge on any atom is -0.336 e. The number of amides is 1. The van der Waals surface area contributed by atoms with E-state index in [9.17, 15) is 4.79 Å². The van der Waals surface area contributed by atoms with E-state index in [-0.39, 0.29) is 5.91 Å². The van der Waals surface area contributed by atoms with Crippen molar-refractivity contribution in [3.8, 4) is 5.69 Å². The molecule has 0 saturated heterocycles. The highest BCUT2D eigenvalue weighted by Crippen LogP contribution is 2.26. The molecule has 3 heterocycles.